The van der Waals surface area contributed by atoms with Gasteiger partial charge in [-0.05, 0) is 61.9 Å². The molecule has 0 radical (unpaired) electrons. The summed E-state index contributed by atoms with van der Waals surface area (Å²) >= 11 is 1.53. The maximum atomic E-state index is 13.1. The topological polar surface area (TPSA) is 91.0 Å². The van der Waals surface area contributed by atoms with Crippen LogP contribution in [0, 0.1) is 0 Å². The van der Waals surface area contributed by atoms with E-state index in [0.29, 0.717) is 41.1 Å². The molecule has 0 bridgehead atoms. The first-order valence-corrected chi connectivity index (χ1v) is 12.3. The summed E-state index contributed by atoms with van der Waals surface area (Å²) in [6, 6.07) is 14.5. The third-order valence-corrected chi connectivity index (χ3v) is 6.60. The molecule has 36 heavy (non-hydrogen) atoms. The molecule has 186 valence electrons. The van der Waals surface area contributed by atoms with E-state index in [1.165, 1.54) is 18.4 Å². The highest BCUT2D eigenvalue weighted by Gasteiger charge is 2.29. The minimum atomic E-state index is -0.467. The number of fused-ring (bicyclic) bond motifs is 1. The Morgan fingerprint density at radius 2 is 1.78 bits per heavy atom. The van der Waals surface area contributed by atoms with Gasteiger partial charge in [-0.15, -0.1) is 0 Å². The second-order valence-electron chi connectivity index (χ2n) is 8.65. The highest BCUT2D eigenvalue weighted by atomic mass is 32.1. The molecular weight excluding hydrogens is 476 g/mol. The number of amides is 2. The van der Waals surface area contributed by atoms with Crippen molar-refractivity contribution in [1.82, 2.24) is 4.90 Å². The smallest absolute Gasteiger partial charge is 0.337 e. The second-order valence-corrected chi connectivity index (χ2v) is 9.43. The zero-order valence-corrected chi connectivity index (χ0v) is 21.4. The summed E-state index contributed by atoms with van der Waals surface area (Å²) < 4.78 is 4.80. The lowest BCUT2D eigenvalue weighted by molar-refractivity contribution is -0.118. The monoisotopic (exact) mass is 504 g/mol. The van der Waals surface area contributed by atoms with Crippen LogP contribution in [-0.2, 0) is 14.3 Å². The number of carbonyl (C=O) groups is 3. The summed E-state index contributed by atoms with van der Waals surface area (Å²) in [5.41, 5.74) is 5.19. The van der Waals surface area contributed by atoms with Crippen molar-refractivity contribution in [3.63, 3.8) is 0 Å². The fraction of sp³-hybridized carbons (Fsp3) is 0.222. The number of ether oxygens (including phenoxy) is 1. The number of anilines is 3. The van der Waals surface area contributed by atoms with E-state index in [2.05, 4.69) is 10.6 Å². The Labute approximate surface area is 214 Å². The van der Waals surface area contributed by atoms with Crippen LogP contribution in [0.2, 0.25) is 0 Å². The van der Waals surface area contributed by atoms with Gasteiger partial charge in [-0.25, -0.2) is 4.79 Å². The van der Waals surface area contributed by atoms with Gasteiger partial charge in [-0.1, -0.05) is 6.07 Å². The molecular formula is C27H28N4O4S. The number of esters is 1. The molecule has 3 aromatic rings. The van der Waals surface area contributed by atoms with E-state index in [1.54, 1.807) is 30.1 Å². The van der Waals surface area contributed by atoms with Crippen molar-refractivity contribution in [3.05, 3.63) is 76.0 Å². The maximum absolute atomic E-state index is 13.1. The van der Waals surface area contributed by atoms with E-state index in [4.69, 9.17) is 4.74 Å². The van der Waals surface area contributed by atoms with Gasteiger partial charge in [-0.2, -0.15) is 11.3 Å². The van der Waals surface area contributed by atoms with Crippen LogP contribution in [0.1, 0.15) is 27.9 Å². The Bertz CT molecular complexity index is 1310. The van der Waals surface area contributed by atoms with Crippen molar-refractivity contribution in [2.75, 3.05) is 50.3 Å². The lowest BCUT2D eigenvalue weighted by Crippen LogP contribution is -2.29. The van der Waals surface area contributed by atoms with E-state index >= 15 is 0 Å². The predicted octanol–water partition coefficient (Wildman–Crippen LogP) is 4.38. The van der Waals surface area contributed by atoms with Crippen LogP contribution in [0.4, 0.5) is 17.1 Å². The molecule has 2 aromatic carbocycles. The van der Waals surface area contributed by atoms with Crippen LogP contribution in [0.15, 0.2) is 59.3 Å². The Morgan fingerprint density at radius 1 is 1.03 bits per heavy atom. The molecule has 0 fully saturated rings. The Kier molecular flexibility index (Phi) is 7.52. The van der Waals surface area contributed by atoms with Crippen molar-refractivity contribution in [1.29, 1.82) is 0 Å². The van der Waals surface area contributed by atoms with Gasteiger partial charge in [0.2, 0.25) is 5.91 Å². The summed E-state index contributed by atoms with van der Waals surface area (Å²) in [6.45, 7) is 0.686. The van der Waals surface area contributed by atoms with Crippen LogP contribution in [0.5, 0.6) is 0 Å². The number of rotatable bonds is 8. The first-order valence-electron chi connectivity index (χ1n) is 11.4. The van der Waals surface area contributed by atoms with Crippen molar-refractivity contribution < 1.29 is 19.1 Å². The van der Waals surface area contributed by atoms with Crippen LogP contribution >= 0.6 is 11.3 Å². The summed E-state index contributed by atoms with van der Waals surface area (Å²) in [6.07, 6.45) is 0.435. The van der Waals surface area contributed by atoms with Crippen LogP contribution in [0.25, 0.3) is 11.3 Å². The van der Waals surface area contributed by atoms with Gasteiger partial charge in [0, 0.05) is 47.9 Å². The summed E-state index contributed by atoms with van der Waals surface area (Å²) in [7, 11) is 6.96. The van der Waals surface area contributed by atoms with Gasteiger partial charge in [-0.3, -0.25) is 9.59 Å². The lowest BCUT2D eigenvalue weighted by Gasteiger charge is -2.19. The van der Waals surface area contributed by atoms with Crippen molar-refractivity contribution >= 4 is 57.5 Å². The second kappa shape index (κ2) is 10.8. The van der Waals surface area contributed by atoms with Crippen molar-refractivity contribution in [3.8, 4) is 0 Å². The molecule has 0 saturated carbocycles. The third kappa shape index (κ3) is 5.32. The lowest BCUT2D eigenvalue weighted by atomic mass is 10.00. The molecule has 4 rings (SSSR count). The molecule has 0 saturated heterocycles. The van der Waals surface area contributed by atoms with Gasteiger partial charge < -0.3 is 25.2 Å². The highest BCUT2D eigenvalue weighted by Crippen LogP contribution is 2.38. The molecule has 1 aromatic heterocycles. The largest absolute Gasteiger partial charge is 0.465 e. The van der Waals surface area contributed by atoms with E-state index in [1.807, 2.05) is 60.1 Å². The Morgan fingerprint density at radius 3 is 2.42 bits per heavy atom. The van der Waals surface area contributed by atoms with Crippen molar-refractivity contribution in [2.24, 2.45) is 0 Å². The fourth-order valence-electron chi connectivity index (χ4n) is 3.90. The third-order valence-electron chi connectivity index (χ3n) is 5.92. The minimum Gasteiger partial charge on any atom is -0.465 e. The molecule has 0 unspecified atom stereocenters. The molecule has 0 atom stereocenters. The maximum Gasteiger partial charge on any atom is 0.337 e. The van der Waals surface area contributed by atoms with Gasteiger partial charge in [0.1, 0.15) is 0 Å². The molecule has 2 N–H and O–H groups in total. The average molecular weight is 505 g/mol. The normalized spacial score (nSPS) is 13.8. The number of carbonyl (C=O) groups excluding carboxylic acids is 3. The Hall–Kier alpha value is -3.95. The summed E-state index contributed by atoms with van der Waals surface area (Å²) in [5, 5.41) is 10.2. The van der Waals surface area contributed by atoms with Gasteiger partial charge in [0.25, 0.3) is 5.91 Å². The Balaban J connectivity index is 1.64. The van der Waals surface area contributed by atoms with Crippen molar-refractivity contribution in [2.45, 2.75) is 6.42 Å². The summed E-state index contributed by atoms with van der Waals surface area (Å²) in [5.74, 6) is -0.689. The molecule has 1 aliphatic rings. The zero-order valence-electron chi connectivity index (χ0n) is 20.6. The van der Waals surface area contributed by atoms with Crippen LogP contribution in [0.3, 0.4) is 0 Å². The predicted molar refractivity (Wildman–Crippen MR) is 144 cm³/mol. The van der Waals surface area contributed by atoms with E-state index in [-0.39, 0.29) is 11.8 Å². The van der Waals surface area contributed by atoms with Crippen LogP contribution < -0.4 is 15.5 Å². The minimum absolute atomic E-state index is 0.0380. The van der Waals surface area contributed by atoms with Gasteiger partial charge in [0.15, 0.2) is 0 Å². The van der Waals surface area contributed by atoms with Crippen LogP contribution in [-0.4, -0.2) is 57.5 Å². The zero-order chi connectivity index (χ0) is 25.8. The van der Waals surface area contributed by atoms with E-state index in [9.17, 15) is 14.4 Å². The number of nitrogens with one attached hydrogen (secondary N) is 2. The molecule has 0 spiro atoms. The standard InChI is InChI=1S/C27H28N4O4S/c1-30(2)13-11-23(32)31(3)20-8-6-19(7-9-20)28-25(18-12-14-36-16-18)24-21-10-5-17(27(34)35-4)15-22(21)29-26(24)33/h5-10,12,14-16,28H,11,13H2,1-4H3,(H,29,33). The molecule has 9 heteroatoms. The first kappa shape index (κ1) is 25.2. The molecule has 0 aliphatic carbocycles. The quantitative estimate of drug-likeness (QED) is 0.350. The van der Waals surface area contributed by atoms with E-state index < -0.39 is 5.97 Å². The van der Waals surface area contributed by atoms with Gasteiger partial charge >= 0.3 is 5.97 Å². The highest BCUT2D eigenvalue weighted by molar-refractivity contribution is 7.08. The van der Waals surface area contributed by atoms with Gasteiger partial charge in [0.05, 0.1) is 29.6 Å². The number of hydrogen-bond donors (Lipinski definition) is 2. The molecule has 1 aliphatic heterocycles. The average Bonchev–Trinajstić information content (AvgIpc) is 3.52. The number of benzene rings is 2. The fourth-order valence-corrected chi connectivity index (χ4v) is 4.54. The summed E-state index contributed by atoms with van der Waals surface area (Å²) in [4.78, 5) is 41.1. The molecule has 2 amide bonds. The SMILES string of the molecule is COC(=O)c1ccc2c(c1)NC(=O)C2=C(Nc1ccc(N(C)C(=O)CCN(C)C)cc1)c1ccsc1. The molecule has 8 nitrogen and oxygen atoms in total. The number of thiophene rings is 1. The number of methoxy groups -OCH3 is 1. The molecule has 2 heterocycles. The number of nitrogens with zero attached hydrogens (tertiary/aromatic N) is 2. The first-order chi connectivity index (χ1) is 17.3. The number of hydrogen-bond acceptors (Lipinski definition) is 7. The van der Waals surface area contributed by atoms with E-state index in [0.717, 1.165) is 16.9 Å².